The zero-order valence-electron chi connectivity index (χ0n) is 13.9. The van der Waals surface area contributed by atoms with Crippen LogP contribution in [0.15, 0.2) is 18.7 Å². The van der Waals surface area contributed by atoms with Crippen LogP contribution in [0.1, 0.15) is 17.0 Å². The Balaban J connectivity index is 1.49. The number of rotatable bonds is 2. The molecule has 0 amide bonds. The molecule has 2 aliphatic rings. The minimum absolute atomic E-state index is 0.673. The topological polar surface area (TPSA) is 58.0 Å². The highest BCUT2D eigenvalue weighted by atomic mass is 15.3. The monoisotopic (exact) mass is 310 g/mol. The third-order valence-electron chi connectivity index (χ3n) is 5.16. The van der Waals surface area contributed by atoms with Gasteiger partial charge in [0.25, 0.3) is 0 Å². The molecule has 23 heavy (non-hydrogen) atoms. The molecule has 2 aromatic heterocycles. The number of fused-ring (bicyclic) bond motifs is 1. The molecular formula is C17H22N6. The Kier molecular flexibility index (Phi) is 3.39. The van der Waals surface area contributed by atoms with Gasteiger partial charge in [-0.1, -0.05) is 0 Å². The number of hydrogen-bond donors (Lipinski definition) is 0. The van der Waals surface area contributed by atoms with Crippen molar-refractivity contribution in [1.82, 2.24) is 19.9 Å². The third kappa shape index (κ3) is 2.52. The van der Waals surface area contributed by atoms with Gasteiger partial charge in [0, 0.05) is 55.5 Å². The van der Waals surface area contributed by atoms with E-state index in [0.717, 1.165) is 49.2 Å². The van der Waals surface area contributed by atoms with E-state index in [-0.39, 0.29) is 0 Å². The number of aromatic nitrogens is 4. The first-order valence-corrected chi connectivity index (χ1v) is 8.18. The second kappa shape index (κ2) is 5.44. The molecule has 0 bridgehead atoms. The van der Waals surface area contributed by atoms with Crippen molar-refractivity contribution in [2.24, 2.45) is 11.8 Å². The highest BCUT2D eigenvalue weighted by Gasteiger charge is 2.41. The smallest absolute Gasteiger partial charge is 0.147 e. The highest BCUT2D eigenvalue weighted by Crippen LogP contribution is 2.35. The van der Waals surface area contributed by atoms with Crippen molar-refractivity contribution in [2.45, 2.75) is 20.8 Å². The fourth-order valence-electron chi connectivity index (χ4n) is 3.80. The summed E-state index contributed by atoms with van der Waals surface area (Å²) in [7, 11) is 0. The maximum atomic E-state index is 4.61. The molecule has 0 radical (unpaired) electrons. The first-order chi connectivity index (χ1) is 11.1. The fourth-order valence-corrected chi connectivity index (χ4v) is 3.80. The lowest BCUT2D eigenvalue weighted by molar-refractivity contribution is 0.533. The molecule has 6 heteroatoms. The van der Waals surface area contributed by atoms with E-state index in [1.54, 1.807) is 6.33 Å². The number of nitrogens with zero attached hydrogens (tertiary/aromatic N) is 6. The normalized spacial score (nSPS) is 23.4. The Labute approximate surface area is 136 Å². The summed E-state index contributed by atoms with van der Waals surface area (Å²) in [5, 5.41) is 0. The second-order valence-electron chi connectivity index (χ2n) is 6.76. The lowest BCUT2D eigenvalue weighted by Gasteiger charge is -2.24. The summed E-state index contributed by atoms with van der Waals surface area (Å²) in [6.45, 7) is 10.4. The van der Waals surface area contributed by atoms with Gasteiger partial charge in [-0.25, -0.2) is 15.0 Å². The van der Waals surface area contributed by atoms with E-state index in [0.29, 0.717) is 11.8 Å². The molecule has 2 unspecified atom stereocenters. The van der Waals surface area contributed by atoms with Crippen LogP contribution in [0.4, 0.5) is 11.6 Å². The fraction of sp³-hybridized carbons (Fsp3) is 0.529. The molecule has 0 aliphatic carbocycles. The molecule has 0 spiro atoms. The minimum atomic E-state index is 0.673. The van der Waals surface area contributed by atoms with Crippen LogP contribution in [-0.2, 0) is 0 Å². The minimum Gasteiger partial charge on any atom is -0.356 e. The quantitative estimate of drug-likeness (QED) is 0.842. The Morgan fingerprint density at radius 2 is 1.61 bits per heavy atom. The van der Waals surface area contributed by atoms with E-state index in [4.69, 9.17) is 0 Å². The van der Waals surface area contributed by atoms with Crippen LogP contribution in [0.5, 0.6) is 0 Å². The molecule has 4 rings (SSSR count). The summed E-state index contributed by atoms with van der Waals surface area (Å²) in [4.78, 5) is 22.5. The average molecular weight is 310 g/mol. The Hall–Kier alpha value is -2.24. The number of hydrogen-bond acceptors (Lipinski definition) is 6. The van der Waals surface area contributed by atoms with Crippen molar-refractivity contribution in [3.63, 3.8) is 0 Å². The van der Waals surface area contributed by atoms with Gasteiger partial charge < -0.3 is 9.80 Å². The standard InChI is InChI=1S/C17H22N6/c1-11-4-18-5-16(21-11)22-6-14-8-23(9-15(14)7-22)17-12(2)13(3)19-10-20-17/h4-5,10,14-15H,6-9H2,1-3H3. The maximum absolute atomic E-state index is 4.61. The average Bonchev–Trinajstić information content (AvgIpc) is 3.08. The largest absolute Gasteiger partial charge is 0.356 e. The third-order valence-corrected chi connectivity index (χ3v) is 5.16. The van der Waals surface area contributed by atoms with Crippen molar-refractivity contribution in [3.8, 4) is 0 Å². The van der Waals surface area contributed by atoms with E-state index in [2.05, 4.69) is 43.6 Å². The lowest BCUT2D eigenvalue weighted by atomic mass is 10.0. The van der Waals surface area contributed by atoms with Gasteiger partial charge in [0.15, 0.2) is 0 Å². The van der Waals surface area contributed by atoms with E-state index in [1.807, 2.05) is 19.3 Å². The van der Waals surface area contributed by atoms with Gasteiger partial charge in [-0.05, 0) is 20.8 Å². The highest BCUT2D eigenvalue weighted by molar-refractivity contribution is 5.50. The molecule has 0 aromatic carbocycles. The van der Waals surface area contributed by atoms with Gasteiger partial charge in [-0.2, -0.15) is 0 Å². The summed E-state index contributed by atoms with van der Waals surface area (Å²) < 4.78 is 0. The van der Waals surface area contributed by atoms with Gasteiger partial charge >= 0.3 is 0 Å². The molecule has 4 heterocycles. The van der Waals surface area contributed by atoms with Gasteiger partial charge in [0.1, 0.15) is 18.0 Å². The predicted molar refractivity (Wildman–Crippen MR) is 89.7 cm³/mol. The maximum Gasteiger partial charge on any atom is 0.147 e. The predicted octanol–water partition coefficient (Wildman–Crippen LogP) is 1.76. The SMILES string of the molecule is Cc1cncc(N2CC3CN(c4ncnc(C)c4C)CC3C2)n1. The Morgan fingerprint density at radius 1 is 0.913 bits per heavy atom. The molecule has 6 nitrogen and oxygen atoms in total. The first-order valence-electron chi connectivity index (χ1n) is 8.18. The van der Waals surface area contributed by atoms with Crippen LogP contribution in [0.3, 0.4) is 0 Å². The summed E-state index contributed by atoms with van der Waals surface area (Å²) in [5.74, 6) is 3.47. The molecular weight excluding hydrogens is 288 g/mol. The summed E-state index contributed by atoms with van der Waals surface area (Å²) >= 11 is 0. The van der Waals surface area contributed by atoms with E-state index in [1.165, 1.54) is 5.56 Å². The molecule has 0 N–H and O–H groups in total. The molecule has 2 saturated heterocycles. The molecule has 2 aromatic rings. The van der Waals surface area contributed by atoms with Crippen molar-refractivity contribution in [2.75, 3.05) is 36.0 Å². The van der Waals surface area contributed by atoms with E-state index in [9.17, 15) is 0 Å². The van der Waals surface area contributed by atoms with Crippen molar-refractivity contribution < 1.29 is 0 Å². The zero-order valence-corrected chi connectivity index (χ0v) is 13.9. The van der Waals surface area contributed by atoms with Crippen LogP contribution >= 0.6 is 0 Å². The van der Waals surface area contributed by atoms with Crippen LogP contribution in [0.25, 0.3) is 0 Å². The Bertz CT molecular complexity index is 717. The Morgan fingerprint density at radius 3 is 2.30 bits per heavy atom. The summed E-state index contributed by atoms with van der Waals surface area (Å²) in [6.07, 6.45) is 5.37. The van der Waals surface area contributed by atoms with Gasteiger partial charge in [-0.3, -0.25) is 4.98 Å². The van der Waals surface area contributed by atoms with Gasteiger partial charge in [-0.15, -0.1) is 0 Å². The van der Waals surface area contributed by atoms with E-state index < -0.39 is 0 Å². The molecule has 2 atom stereocenters. The van der Waals surface area contributed by atoms with Gasteiger partial charge in [0.2, 0.25) is 0 Å². The molecule has 0 saturated carbocycles. The van der Waals surface area contributed by atoms with Crippen molar-refractivity contribution in [1.29, 1.82) is 0 Å². The van der Waals surface area contributed by atoms with Gasteiger partial charge in [0.05, 0.1) is 11.9 Å². The molecule has 120 valence electrons. The molecule has 2 fully saturated rings. The second-order valence-corrected chi connectivity index (χ2v) is 6.76. The lowest BCUT2D eigenvalue weighted by Crippen LogP contribution is -2.30. The van der Waals surface area contributed by atoms with Crippen molar-refractivity contribution >= 4 is 11.6 Å². The van der Waals surface area contributed by atoms with Crippen molar-refractivity contribution in [3.05, 3.63) is 35.7 Å². The van der Waals surface area contributed by atoms with E-state index >= 15 is 0 Å². The number of aryl methyl sites for hydroxylation is 2. The van der Waals surface area contributed by atoms with Crippen LogP contribution in [0, 0.1) is 32.6 Å². The van der Waals surface area contributed by atoms with Crippen LogP contribution in [0.2, 0.25) is 0 Å². The van der Waals surface area contributed by atoms with Crippen LogP contribution < -0.4 is 9.80 Å². The molecule has 2 aliphatic heterocycles. The first kappa shape index (κ1) is 14.4. The van der Waals surface area contributed by atoms with Crippen LogP contribution in [-0.4, -0.2) is 46.1 Å². The number of anilines is 2. The zero-order chi connectivity index (χ0) is 16.0. The summed E-state index contributed by atoms with van der Waals surface area (Å²) in [5.41, 5.74) is 3.26. The summed E-state index contributed by atoms with van der Waals surface area (Å²) in [6, 6.07) is 0.